The Kier molecular flexibility index (Phi) is 5.00. The van der Waals surface area contributed by atoms with Crippen LogP contribution < -0.4 is 0 Å². The van der Waals surface area contributed by atoms with Gasteiger partial charge in [-0.25, -0.2) is 8.42 Å². The van der Waals surface area contributed by atoms with E-state index in [-0.39, 0.29) is 24.5 Å². The second-order valence-electron chi connectivity index (χ2n) is 5.19. The number of hydrogen-bond acceptors (Lipinski definition) is 4. The number of nitrogens with zero attached hydrogens (tertiary/aromatic N) is 1. The second-order valence-corrected chi connectivity index (χ2v) is 7.15. The molecular formula is C12H23NO4S. The van der Waals surface area contributed by atoms with Crippen molar-refractivity contribution in [3.05, 3.63) is 0 Å². The van der Waals surface area contributed by atoms with Gasteiger partial charge < -0.3 is 9.84 Å². The van der Waals surface area contributed by atoms with E-state index in [0.717, 1.165) is 32.1 Å². The fourth-order valence-electron chi connectivity index (χ4n) is 2.90. The summed E-state index contributed by atoms with van der Waals surface area (Å²) in [5.41, 5.74) is 0. The van der Waals surface area contributed by atoms with Crippen molar-refractivity contribution >= 4 is 10.0 Å². The first-order chi connectivity index (χ1) is 8.63. The molecule has 2 fully saturated rings. The average Bonchev–Trinajstić information content (AvgIpc) is 2.96. The highest BCUT2D eigenvalue weighted by Crippen LogP contribution is 2.26. The maximum atomic E-state index is 12.3. The van der Waals surface area contributed by atoms with E-state index in [1.807, 2.05) is 0 Å². The number of aliphatic hydroxyl groups is 1. The lowest BCUT2D eigenvalue weighted by Crippen LogP contribution is -2.39. The Morgan fingerprint density at radius 3 is 2.78 bits per heavy atom. The molecule has 0 aliphatic carbocycles. The number of rotatable bonds is 6. The van der Waals surface area contributed by atoms with Crippen LogP contribution in [0.3, 0.4) is 0 Å². The smallest absolute Gasteiger partial charge is 0.216 e. The van der Waals surface area contributed by atoms with Crippen molar-refractivity contribution in [2.75, 3.05) is 25.5 Å². The normalized spacial score (nSPS) is 30.1. The van der Waals surface area contributed by atoms with E-state index < -0.39 is 10.0 Å². The van der Waals surface area contributed by atoms with Crippen LogP contribution in [0.4, 0.5) is 0 Å². The predicted octanol–water partition coefficient (Wildman–Crippen LogP) is 0.732. The van der Waals surface area contributed by atoms with Crippen LogP contribution in [0.15, 0.2) is 0 Å². The molecule has 2 rings (SSSR count). The molecule has 0 saturated carbocycles. The Balaban J connectivity index is 1.94. The van der Waals surface area contributed by atoms with Gasteiger partial charge in [-0.2, -0.15) is 4.31 Å². The minimum absolute atomic E-state index is 0.0866. The lowest BCUT2D eigenvalue weighted by molar-refractivity contribution is 0.126. The van der Waals surface area contributed by atoms with Crippen molar-refractivity contribution in [3.8, 4) is 0 Å². The van der Waals surface area contributed by atoms with Crippen LogP contribution in [0.1, 0.15) is 38.5 Å². The van der Waals surface area contributed by atoms with Gasteiger partial charge in [0.25, 0.3) is 0 Å². The molecule has 0 spiro atoms. The molecule has 0 amide bonds. The molecule has 1 N–H and O–H groups in total. The van der Waals surface area contributed by atoms with Gasteiger partial charge in [-0.05, 0) is 38.5 Å². The van der Waals surface area contributed by atoms with E-state index in [2.05, 4.69) is 0 Å². The molecule has 2 aliphatic rings. The summed E-state index contributed by atoms with van der Waals surface area (Å²) in [6, 6.07) is 0.0866. The lowest BCUT2D eigenvalue weighted by Gasteiger charge is -2.25. The van der Waals surface area contributed by atoms with Gasteiger partial charge in [0.2, 0.25) is 10.0 Å². The monoisotopic (exact) mass is 277 g/mol. The van der Waals surface area contributed by atoms with Gasteiger partial charge in [0, 0.05) is 25.8 Å². The van der Waals surface area contributed by atoms with Gasteiger partial charge >= 0.3 is 0 Å². The fraction of sp³-hybridized carbons (Fsp3) is 1.00. The average molecular weight is 277 g/mol. The Labute approximate surface area is 109 Å². The fourth-order valence-corrected chi connectivity index (χ4v) is 4.89. The van der Waals surface area contributed by atoms with E-state index in [1.165, 1.54) is 0 Å². The van der Waals surface area contributed by atoms with Gasteiger partial charge in [-0.3, -0.25) is 0 Å². The number of hydrogen-bond donors (Lipinski definition) is 1. The van der Waals surface area contributed by atoms with Crippen molar-refractivity contribution in [1.29, 1.82) is 0 Å². The summed E-state index contributed by atoms with van der Waals surface area (Å²) >= 11 is 0. The van der Waals surface area contributed by atoms with Gasteiger partial charge in [-0.1, -0.05) is 0 Å². The molecule has 106 valence electrons. The molecule has 0 aromatic carbocycles. The van der Waals surface area contributed by atoms with E-state index >= 15 is 0 Å². The third kappa shape index (κ3) is 3.44. The molecule has 2 atom stereocenters. The lowest BCUT2D eigenvalue weighted by atomic mass is 10.1. The summed E-state index contributed by atoms with van der Waals surface area (Å²) in [4.78, 5) is 0. The largest absolute Gasteiger partial charge is 0.396 e. The van der Waals surface area contributed by atoms with Crippen molar-refractivity contribution in [2.45, 2.75) is 50.7 Å². The predicted molar refractivity (Wildman–Crippen MR) is 68.8 cm³/mol. The third-order valence-electron chi connectivity index (χ3n) is 3.80. The van der Waals surface area contributed by atoms with Gasteiger partial charge in [0.1, 0.15) is 0 Å². The summed E-state index contributed by atoms with van der Waals surface area (Å²) in [6.45, 7) is 1.45. The van der Waals surface area contributed by atoms with Crippen LogP contribution in [0.5, 0.6) is 0 Å². The molecule has 0 aromatic rings. The second kappa shape index (κ2) is 6.32. The summed E-state index contributed by atoms with van der Waals surface area (Å²) < 4.78 is 31.8. The Hall–Kier alpha value is -0.170. The van der Waals surface area contributed by atoms with Crippen molar-refractivity contribution < 1.29 is 18.3 Å². The number of sulfonamides is 1. The molecule has 2 saturated heterocycles. The summed E-state index contributed by atoms with van der Waals surface area (Å²) in [5.74, 6) is 0.128. The quantitative estimate of drug-likeness (QED) is 0.777. The summed E-state index contributed by atoms with van der Waals surface area (Å²) in [6.07, 6.45) is 5.00. The topological polar surface area (TPSA) is 66.8 Å². The van der Waals surface area contributed by atoms with Crippen molar-refractivity contribution in [3.63, 3.8) is 0 Å². The van der Waals surface area contributed by atoms with E-state index in [4.69, 9.17) is 9.84 Å². The maximum Gasteiger partial charge on any atom is 0.216 e. The van der Waals surface area contributed by atoms with Crippen LogP contribution >= 0.6 is 0 Å². The highest BCUT2D eigenvalue weighted by atomic mass is 32.2. The Morgan fingerprint density at radius 1 is 1.28 bits per heavy atom. The van der Waals surface area contributed by atoms with Crippen molar-refractivity contribution in [2.24, 2.45) is 0 Å². The first kappa shape index (κ1) is 14.2. The molecule has 6 heteroatoms. The van der Waals surface area contributed by atoms with Gasteiger partial charge in [0.15, 0.2) is 0 Å². The zero-order chi connectivity index (χ0) is 13.0. The summed E-state index contributed by atoms with van der Waals surface area (Å²) in [7, 11) is -3.20. The molecule has 0 radical (unpaired) electrons. The first-order valence-electron chi connectivity index (χ1n) is 6.85. The zero-order valence-corrected chi connectivity index (χ0v) is 11.6. The van der Waals surface area contributed by atoms with Crippen LogP contribution in [0.25, 0.3) is 0 Å². The van der Waals surface area contributed by atoms with Gasteiger partial charge in [-0.15, -0.1) is 0 Å². The highest BCUT2D eigenvalue weighted by Gasteiger charge is 2.35. The molecule has 2 heterocycles. The van der Waals surface area contributed by atoms with E-state index in [0.29, 0.717) is 19.6 Å². The highest BCUT2D eigenvalue weighted by molar-refractivity contribution is 7.89. The van der Waals surface area contributed by atoms with Crippen LogP contribution in [0, 0.1) is 0 Å². The molecule has 2 unspecified atom stereocenters. The molecular weight excluding hydrogens is 254 g/mol. The number of aliphatic hydroxyl groups excluding tert-OH is 1. The van der Waals surface area contributed by atoms with Crippen LogP contribution in [-0.2, 0) is 14.8 Å². The minimum atomic E-state index is -3.20. The minimum Gasteiger partial charge on any atom is -0.396 e. The molecule has 5 nitrogen and oxygen atoms in total. The molecule has 18 heavy (non-hydrogen) atoms. The molecule has 0 bridgehead atoms. The zero-order valence-electron chi connectivity index (χ0n) is 10.8. The van der Waals surface area contributed by atoms with Gasteiger partial charge in [0.05, 0.1) is 11.9 Å². The summed E-state index contributed by atoms with van der Waals surface area (Å²) in [5, 5.41) is 8.86. The van der Waals surface area contributed by atoms with E-state index in [9.17, 15) is 8.42 Å². The van der Waals surface area contributed by atoms with Crippen LogP contribution in [-0.4, -0.2) is 55.5 Å². The Morgan fingerprint density at radius 2 is 2.11 bits per heavy atom. The third-order valence-corrected chi connectivity index (χ3v) is 5.78. The number of ether oxygens (including phenoxy) is 1. The van der Waals surface area contributed by atoms with E-state index in [1.54, 1.807) is 4.31 Å². The maximum absolute atomic E-state index is 12.3. The Bertz CT molecular complexity index is 351. The SMILES string of the molecule is O=S(=O)(CC1CCCO1)N1CCCC1CCCO. The standard InChI is InChI=1S/C12H23NO4S/c14-8-2-5-11-4-1-7-13(11)18(15,16)10-12-6-3-9-17-12/h11-12,14H,1-10H2. The first-order valence-corrected chi connectivity index (χ1v) is 8.46. The molecule has 2 aliphatic heterocycles. The van der Waals surface area contributed by atoms with Crippen molar-refractivity contribution in [1.82, 2.24) is 4.31 Å². The van der Waals surface area contributed by atoms with Crippen LogP contribution in [0.2, 0.25) is 0 Å². The molecule has 0 aromatic heterocycles.